The number of alkyl halides is 2. The fraction of sp³-hybridized carbons (Fsp3) is 0.200. The van der Waals surface area contributed by atoms with Gasteiger partial charge in [-0.2, -0.15) is 8.78 Å². The molecular formula is C20H18F2N2O3S. The zero-order valence-corrected chi connectivity index (χ0v) is 16.3. The molecule has 146 valence electrons. The highest BCUT2D eigenvalue weighted by molar-refractivity contribution is 7.14. The molecule has 0 fully saturated rings. The number of hydrogen-bond acceptors (Lipinski definition) is 5. The average molecular weight is 404 g/mol. The van der Waals surface area contributed by atoms with Crippen LogP contribution in [-0.4, -0.2) is 24.6 Å². The van der Waals surface area contributed by atoms with Gasteiger partial charge in [-0.05, 0) is 43.7 Å². The number of rotatable bonds is 6. The van der Waals surface area contributed by atoms with Crippen molar-refractivity contribution in [2.75, 3.05) is 12.4 Å². The quantitative estimate of drug-likeness (QED) is 0.607. The van der Waals surface area contributed by atoms with Crippen molar-refractivity contribution in [3.8, 4) is 22.8 Å². The van der Waals surface area contributed by atoms with Gasteiger partial charge in [-0.15, -0.1) is 11.3 Å². The molecule has 0 unspecified atom stereocenters. The number of aryl methyl sites for hydroxylation is 2. The minimum absolute atomic E-state index is 0.0446. The molecule has 0 aliphatic carbocycles. The third-order valence-electron chi connectivity index (χ3n) is 4.04. The maximum atomic E-state index is 12.5. The molecule has 0 radical (unpaired) electrons. The van der Waals surface area contributed by atoms with Gasteiger partial charge in [0, 0.05) is 16.5 Å². The van der Waals surface area contributed by atoms with Gasteiger partial charge in [0.15, 0.2) is 16.6 Å². The summed E-state index contributed by atoms with van der Waals surface area (Å²) < 4.78 is 34.2. The highest BCUT2D eigenvalue weighted by atomic mass is 32.1. The Hall–Kier alpha value is -3.00. The lowest BCUT2D eigenvalue weighted by atomic mass is 10.0. The molecule has 1 aromatic heterocycles. The Bertz CT molecular complexity index is 1000. The number of thiazole rings is 1. The van der Waals surface area contributed by atoms with E-state index < -0.39 is 12.5 Å². The summed E-state index contributed by atoms with van der Waals surface area (Å²) in [6.45, 7) is 1.03. The number of nitrogens with zero attached hydrogens (tertiary/aromatic N) is 1. The first-order chi connectivity index (χ1) is 13.4. The average Bonchev–Trinajstić information content (AvgIpc) is 3.11. The van der Waals surface area contributed by atoms with E-state index in [4.69, 9.17) is 4.74 Å². The second kappa shape index (κ2) is 8.35. The highest BCUT2D eigenvalue weighted by Crippen LogP contribution is 2.31. The van der Waals surface area contributed by atoms with Gasteiger partial charge in [-0.3, -0.25) is 10.1 Å². The number of ether oxygens (including phenoxy) is 2. The molecule has 1 heterocycles. The number of carbonyl (C=O) groups excluding carboxylic acids is 1. The third kappa shape index (κ3) is 4.45. The lowest BCUT2D eigenvalue weighted by Crippen LogP contribution is -2.12. The number of anilines is 1. The number of halogens is 2. The van der Waals surface area contributed by atoms with E-state index in [0.717, 1.165) is 22.4 Å². The number of hydrogen-bond donors (Lipinski definition) is 1. The van der Waals surface area contributed by atoms with E-state index in [1.807, 2.05) is 37.4 Å². The lowest BCUT2D eigenvalue weighted by molar-refractivity contribution is -0.0512. The van der Waals surface area contributed by atoms with Crippen LogP contribution in [0.15, 0.2) is 41.8 Å². The zero-order chi connectivity index (χ0) is 20.3. The Morgan fingerprint density at radius 3 is 2.64 bits per heavy atom. The molecule has 0 atom stereocenters. The van der Waals surface area contributed by atoms with Gasteiger partial charge in [0.05, 0.1) is 12.8 Å². The smallest absolute Gasteiger partial charge is 0.387 e. The molecule has 0 spiro atoms. The zero-order valence-electron chi connectivity index (χ0n) is 15.5. The first-order valence-corrected chi connectivity index (χ1v) is 9.22. The molecule has 3 aromatic rings. The van der Waals surface area contributed by atoms with E-state index in [9.17, 15) is 13.6 Å². The Balaban J connectivity index is 1.78. The molecule has 0 aliphatic rings. The second-order valence-corrected chi connectivity index (χ2v) is 6.91. The van der Waals surface area contributed by atoms with E-state index in [0.29, 0.717) is 5.13 Å². The van der Waals surface area contributed by atoms with Crippen molar-refractivity contribution in [1.82, 2.24) is 4.98 Å². The summed E-state index contributed by atoms with van der Waals surface area (Å²) in [7, 11) is 1.31. The topological polar surface area (TPSA) is 60.5 Å². The van der Waals surface area contributed by atoms with Crippen molar-refractivity contribution in [3.05, 3.63) is 58.5 Å². The third-order valence-corrected chi connectivity index (χ3v) is 4.79. The first-order valence-electron chi connectivity index (χ1n) is 8.34. The summed E-state index contributed by atoms with van der Waals surface area (Å²) in [5, 5.41) is 5.03. The van der Waals surface area contributed by atoms with Crippen molar-refractivity contribution in [3.63, 3.8) is 0 Å². The lowest BCUT2D eigenvalue weighted by Gasteiger charge is -2.11. The van der Waals surface area contributed by atoms with Crippen molar-refractivity contribution < 1.29 is 23.0 Å². The minimum Gasteiger partial charge on any atom is -0.493 e. The Labute approximate surface area is 164 Å². The summed E-state index contributed by atoms with van der Waals surface area (Å²) in [5.41, 5.74) is 4.24. The van der Waals surface area contributed by atoms with Crippen LogP contribution in [0, 0.1) is 13.8 Å². The van der Waals surface area contributed by atoms with Crippen LogP contribution in [-0.2, 0) is 0 Å². The van der Waals surface area contributed by atoms with Crippen molar-refractivity contribution in [2.45, 2.75) is 20.5 Å². The molecule has 8 heteroatoms. The van der Waals surface area contributed by atoms with Crippen LogP contribution in [0.1, 0.15) is 21.5 Å². The van der Waals surface area contributed by atoms with E-state index in [1.54, 1.807) is 0 Å². The van der Waals surface area contributed by atoms with Gasteiger partial charge in [-0.1, -0.05) is 17.7 Å². The molecular weight excluding hydrogens is 386 g/mol. The number of carbonyl (C=O) groups is 1. The van der Waals surface area contributed by atoms with Crippen LogP contribution in [0.2, 0.25) is 0 Å². The van der Waals surface area contributed by atoms with Crippen LogP contribution in [0.5, 0.6) is 11.5 Å². The normalized spacial score (nSPS) is 10.8. The SMILES string of the molecule is COc1cc(C(=O)Nc2nc(-c3cc(C)ccc3C)cs2)ccc1OC(F)F. The number of benzene rings is 2. The predicted octanol–water partition coefficient (Wildman–Crippen LogP) is 5.29. The summed E-state index contributed by atoms with van der Waals surface area (Å²) >= 11 is 1.31. The molecule has 28 heavy (non-hydrogen) atoms. The molecule has 1 N–H and O–H groups in total. The summed E-state index contributed by atoms with van der Waals surface area (Å²) in [6, 6.07) is 10.1. The second-order valence-electron chi connectivity index (χ2n) is 6.05. The van der Waals surface area contributed by atoms with Crippen LogP contribution >= 0.6 is 11.3 Å². The highest BCUT2D eigenvalue weighted by Gasteiger charge is 2.16. The van der Waals surface area contributed by atoms with Crippen LogP contribution in [0.25, 0.3) is 11.3 Å². The summed E-state index contributed by atoms with van der Waals surface area (Å²) in [5.74, 6) is -0.521. The van der Waals surface area contributed by atoms with Gasteiger partial charge >= 0.3 is 6.61 Å². The van der Waals surface area contributed by atoms with Gasteiger partial charge in [0.25, 0.3) is 5.91 Å². The number of nitrogens with one attached hydrogen (secondary N) is 1. The molecule has 0 saturated carbocycles. The number of amides is 1. The maximum Gasteiger partial charge on any atom is 0.387 e. The monoisotopic (exact) mass is 404 g/mol. The van der Waals surface area contributed by atoms with Gasteiger partial charge in [0.2, 0.25) is 0 Å². The Morgan fingerprint density at radius 2 is 1.93 bits per heavy atom. The van der Waals surface area contributed by atoms with Crippen LogP contribution < -0.4 is 14.8 Å². The van der Waals surface area contributed by atoms with Crippen molar-refractivity contribution in [1.29, 1.82) is 0 Å². The van der Waals surface area contributed by atoms with E-state index in [-0.39, 0.29) is 17.1 Å². The largest absolute Gasteiger partial charge is 0.493 e. The molecule has 0 aliphatic heterocycles. The first kappa shape index (κ1) is 19.8. The molecule has 3 rings (SSSR count). The van der Waals surface area contributed by atoms with Crippen LogP contribution in [0.4, 0.5) is 13.9 Å². The predicted molar refractivity (Wildman–Crippen MR) is 105 cm³/mol. The van der Waals surface area contributed by atoms with Crippen molar-refractivity contribution >= 4 is 22.4 Å². The van der Waals surface area contributed by atoms with E-state index >= 15 is 0 Å². The number of methoxy groups -OCH3 is 1. The fourth-order valence-electron chi connectivity index (χ4n) is 2.64. The van der Waals surface area contributed by atoms with Crippen LogP contribution in [0.3, 0.4) is 0 Å². The molecule has 0 bridgehead atoms. The maximum absolute atomic E-state index is 12.5. The summed E-state index contributed by atoms with van der Waals surface area (Å²) in [4.78, 5) is 17.0. The molecule has 2 aromatic carbocycles. The Kier molecular flexibility index (Phi) is 5.89. The minimum atomic E-state index is -2.98. The molecule has 0 saturated heterocycles. The number of aromatic nitrogens is 1. The van der Waals surface area contributed by atoms with Gasteiger partial charge in [-0.25, -0.2) is 4.98 Å². The van der Waals surface area contributed by atoms with E-state index in [2.05, 4.69) is 15.0 Å². The molecule has 5 nitrogen and oxygen atoms in total. The van der Waals surface area contributed by atoms with Gasteiger partial charge < -0.3 is 9.47 Å². The van der Waals surface area contributed by atoms with E-state index in [1.165, 1.54) is 36.6 Å². The van der Waals surface area contributed by atoms with Crippen molar-refractivity contribution in [2.24, 2.45) is 0 Å². The fourth-order valence-corrected chi connectivity index (χ4v) is 3.34. The summed E-state index contributed by atoms with van der Waals surface area (Å²) in [6.07, 6.45) is 0. The van der Waals surface area contributed by atoms with Gasteiger partial charge in [0.1, 0.15) is 0 Å². The molecule has 1 amide bonds. The standard InChI is InChI=1S/C20H18F2N2O3S/c1-11-4-5-12(2)14(8-11)15-10-28-20(23-15)24-18(25)13-6-7-16(27-19(21)22)17(9-13)26-3/h4-10,19H,1-3H3,(H,23,24,25). The Morgan fingerprint density at radius 1 is 1.14 bits per heavy atom.